The third-order valence-electron chi connectivity index (χ3n) is 2.93. The van der Waals surface area contributed by atoms with E-state index in [0.29, 0.717) is 23.4 Å². The van der Waals surface area contributed by atoms with Crippen LogP contribution in [-0.2, 0) is 4.79 Å². The third-order valence-corrected chi connectivity index (χ3v) is 3.18. The molecule has 0 aromatic heterocycles. The van der Waals surface area contributed by atoms with E-state index in [1.165, 1.54) is 24.3 Å². The van der Waals surface area contributed by atoms with E-state index in [-0.39, 0.29) is 5.69 Å². The summed E-state index contributed by atoms with van der Waals surface area (Å²) in [5, 5.41) is 7.47. The molecule has 0 aliphatic heterocycles. The lowest BCUT2D eigenvalue weighted by Gasteiger charge is -2.19. The SMILES string of the molecule is O=C1C(C(F)(F)F)=CC(=CN=Nc2ccc(Cl)cc2)C=C1C(F)(F)F. The van der Waals surface area contributed by atoms with Crippen molar-refractivity contribution in [3.05, 3.63) is 64.4 Å². The summed E-state index contributed by atoms with van der Waals surface area (Å²) in [4.78, 5) is 11.4. The maximum atomic E-state index is 12.8. The van der Waals surface area contributed by atoms with Crippen LogP contribution in [0.2, 0.25) is 5.02 Å². The monoisotopic (exact) mass is 380 g/mol. The zero-order valence-electron chi connectivity index (χ0n) is 12.0. The molecule has 0 atom stereocenters. The molecule has 1 aliphatic carbocycles. The van der Waals surface area contributed by atoms with Gasteiger partial charge in [0, 0.05) is 5.02 Å². The molecule has 0 spiro atoms. The Morgan fingerprint density at radius 3 is 1.80 bits per heavy atom. The summed E-state index contributed by atoms with van der Waals surface area (Å²) in [6.45, 7) is 0. The number of azo groups is 1. The molecule has 0 bridgehead atoms. The second-order valence-electron chi connectivity index (χ2n) is 4.76. The molecule has 0 fully saturated rings. The van der Waals surface area contributed by atoms with Gasteiger partial charge in [0.25, 0.3) is 0 Å². The zero-order chi connectivity index (χ0) is 18.8. The Morgan fingerprint density at radius 1 is 0.880 bits per heavy atom. The van der Waals surface area contributed by atoms with Crippen molar-refractivity contribution in [2.75, 3.05) is 0 Å². The highest BCUT2D eigenvalue weighted by Gasteiger charge is 2.48. The minimum Gasteiger partial charge on any atom is -0.289 e. The Balaban J connectivity index is 2.39. The normalized spacial score (nSPS) is 16.1. The fourth-order valence-electron chi connectivity index (χ4n) is 1.82. The van der Waals surface area contributed by atoms with Crippen LogP contribution >= 0.6 is 11.6 Å². The molecule has 2 rings (SSSR count). The summed E-state index contributed by atoms with van der Waals surface area (Å²) >= 11 is 5.65. The molecule has 1 aliphatic rings. The first-order valence-corrected chi connectivity index (χ1v) is 6.85. The number of Topliss-reactive ketones (excluding diaryl/α,β-unsaturated/α-hetero) is 1. The summed E-state index contributed by atoms with van der Waals surface area (Å²) in [5.74, 6) is -2.13. The molecule has 10 heteroatoms. The van der Waals surface area contributed by atoms with Crippen molar-refractivity contribution in [2.24, 2.45) is 10.2 Å². The Morgan fingerprint density at radius 2 is 1.36 bits per heavy atom. The van der Waals surface area contributed by atoms with Gasteiger partial charge >= 0.3 is 12.4 Å². The van der Waals surface area contributed by atoms with E-state index in [9.17, 15) is 31.1 Å². The number of rotatable bonds is 2. The lowest BCUT2D eigenvalue weighted by Crippen LogP contribution is -2.30. The number of benzene rings is 1. The number of nitrogens with zero attached hydrogens (tertiary/aromatic N) is 2. The fourth-order valence-corrected chi connectivity index (χ4v) is 1.94. The summed E-state index contributed by atoms with van der Waals surface area (Å²) in [5.41, 5.74) is -4.12. The van der Waals surface area contributed by atoms with E-state index in [2.05, 4.69) is 10.2 Å². The molecule has 3 nitrogen and oxygen atoms in total. The predicted molar refractivity (Wildman–Crippen MR) is 77.3 cm³/mol. The van der Waals surface area contributed by atoms with Crippen molar-refractivity contribution >= 4 is 23.1 Å². The van der Waals surface area contributed by atoms with Gasteiger partial charge < -0.3 is 0 Å². The number of allylic oxidation sites excluding steroid dienone is 5. The van der Waals surface area contributed by atoms with Crippen molar-refractivity contribution in [1.82, 2.24) is 0 Å². The predicted octanol–water partition coefficient (Wildman–Crippen LogP) is 5.87. The Labute approximate surface area is 142 Å². The number of halogens is 7. The largest absolute Gasteiger partial charge is 0.420 e. The van der Waals surface area contributed by atoms with Crippen molar-refractivity contribution < 1.29 is 31.1 Å². The van der Waals surface area contributed by atoms with Crippen LogP contribution < -0.4 is 0 Å². The van der Waals surface area contributed by atoms with Gasteiger partial charge in [-0.2, -0.15) is 36.6 Å². The number of ketones is 1. The molecule has 0 unspecified atom stereocenters. The van der Waals surface area contributed by atoms with E-state index in [1.807, 2.05) is 0 Å². The minimum atomic E-state index is -5.23. The highest BCUT2D eigenvalue weighted by molar-refractivity contribution is 6.30. The molecule has 1 aromatic rings. The van der Waals surface area contributed by atoms with Gasteiger partial charge in [-0.15, -0.1) is 0 Å². The third kappa shape index (κ3) is 4.79. The maximum absolute atomic E-state index is 12.8. The topological polar surface area (TPSA) is 41.8 Å². The minimum absolute atomic E-state index is 0.285. The molecule has 0 saturated heterocycles. The molecule has 132 valence electrons. The van der Waals surface area contributed by atoms with Gasteiger partial charge in [0.05, 0.1) is 11.9 Å². The Bertz CT molecular complexity index is 765. The van der Waals surface area contributed by atoms with Crippen molar-refractivity contribution in [1.29, 1.82) is 0 Å². The molecule has 25 heavy (non-hydrogen) atoms. The fraction of sp³-hybridized carbons (Fsp3) is 0.133. The van der Waals surface area contributed by atoms with Gasteiger partial charge in [0.15, 0.2) is 0 Å². The molecule has 0 radical (unpaired) electrons. The lowest BCUT2D eigenvalue weighted by atomic mass is 9.93. The summed E-state index contributed by atoms with van der Waals surface area (Å²) < 4.78 is 76.6. The van der Waals surface area contributed by atoms with E-state index in [4.69, 9.17) is 11.6 Å². The lowest BCUT2D eigenvalue weighted by molar-refractivity contribution is -0.136. The van der Waals surface area contributed by atoms with Gasteiger partial charge in [0.1, 0.15) is 11.1 Å². The smallest absolute Gasteiger partial charge is 0.289 e. The number of hydrogen-bond acceptors (Lipinski definition) is 3. The van der Waals surface area contributed by atoms with Crippen LogP contribution in [0, 0.1) is 0 Å². The summed E-state index contributed by atoms with van der Waals surface area (Å²) in [6.07, 6.45) is -9.18. The summed E-state index contributed by atoms with van der Waals surface area (Å²) in [7, 11) is 0. The van der Waals surface area contributed by atoms with Crippen LogP contribution in [0.3, 0.4) is 0 Å². The van der Waals surface area contributed by atoms with Crippen molar-refractivity contribution in [3.63, 3.8) is 0 Å². The van der Waals surface area contributed by atoms with Gasteiger partial charge in [-0.05, 0) is 42.0 Å². The van der Waals surface area contributed by atoms with Crippen molar-refractivity contribution in [2.45, 2.75) is 12.4 Å². The quantitative estimate of drug-likeness (QED) is 0.467. The number of carbonyl (C=O) groups excluding carboxylic acids is 1. The second-order valence-corrected chi connectivity index (χ2v) is 5.20. The number of alkyl halides is 6. The van der Waals surface area contributed by atoms with E-state index in [0.717, 1.165) is 0 Å². The highest BCUT2D eigenvalue weighted by Crippen LogP contribution is 2.38. The van der Waals surface area contributed by atoms with Gasteiger partial charge in [-0.3, -0.25) is 4.79 Å². The molecule has 0 heterocycles. The van der Waals surface area contributed by atoms with Crippen LogP contribution in [-0.4, -0.2) is 18.1 Å². The average Bonchev–Trinajstić information content (AvgIpc) is 2.48. The van der Waals surface area contributed by atoms with Crippen LogP contribution in [0.4, 0.5) is 32.0 Å². The molecule has 0 N–H and O–H groups in total. The average molecular weight is 381 g/mol. The van der Waals surface area contributed by atoms with Gasteiger partial charge in [-0.1, -0.05) is 11.6 Å². The van der Waals surface area contributed by atoms with E-state index < -0.39 is 34.9 Å². The van der Waals surface area contributed by atoms with Gasteiger partial charge in [-0.25, -0.2) is 0 Å². The van der Waals surface area contributed by atoms with E-state index >= 15 is 0 Å². The molecule has 0 amide bonds. The Hall–Kier alpha value is -2.42. The number of carbonyl (C=O) groups is 1. The van der Waals surface area contributed by atoms with Crippen LogP contribution in [0.5, 0.6) is 0 Å². The first kappa shape index (κ1) is 18.9. The standard InChI is InChI=1S/C15H7ClF6N2O/c16-9-1-3-10(4-2-9)24-23-7-8-5-11(14(17,18)19)13(25)12(6-8)15(20,21)22/h1-7H. The first-order valence-electron chi connectivity index (χ1n) is 6.47. The van der Waals surface area contributed by atoms with E-state index in [1.54, 1.807) is 0 Å². The molecular formula is C15H7ClF6N2O. The highest BCUT2D eigenvalue weighted by atomic mass is 35.5. The maximum Gasteiger partial charge on any atom is 0.420 e. The van der Waals surface area contributed by atoms with Crippen LogP contribution in [0.25, 0.3) is 0 Å². The second kappa shape index (κ2) is 6.83. The Kier molecular flexibility index (Phi) is 5.17. The molecule has 0 saturated carbocycles. The van der Waals surface area contributed by atoms with Crippen LogP contribution in [0.1, 0.15) is 0 Å². The molecular weight excluding hydrogens is 374 g/mol. The van der Waals surface area contributed by atoms with Crippen molar-refractivity contribution in [3.8, 4) is 0 Å². The number of hydrogen-bond donors (Lipinski definition) is 0. The summed E-state index contributed by atoms with van der Waals surface area (Å²) in [6, 6.07) is 5.85. The zero-order valence-corrected chi connectivity index (χ0v) is 12.7. The molecule has 1 aromatic carbocycles. The van der Waals surface area contributed by atoms with Gasteiger partial charge in [0.2, 0.25) is 5.78 Å². The first-order chi connectivity index (χ1) is 11.5. The van der Waals surface area contributed by atoms with Crippen LogP contribution in [0.15, 0.2) is 69.6 Å².